The van der Waals surface area contributed by atoms with Gasteiger partial charge >= 0.3 is 0 Å². The number of carbonyl (C=O) groups is 3. The summed E-state index contributed by atoms with van der Waals surface area (Å²) in [6, 6.07) is 16.6. The predicted molar refractivity (Wildman–Crippen MR) is 98.9 cm³/mol. The highest BCUT2D eigenvalue weighted by Crippen LogP contribution is 2.32. The van der Waals surface area contributed by atoms with Gasteiger partial charge in [0.1, 0.15) is 6.54 Å². The quantitative estimate of drug-likeness (QED) is 0.853. The van der Waals surface area contributed by atoms with Crippen LogP contribution in [-0.4, -0.2) is 28.5 Å². The number of aryl methyl sites for hydroxylation is 1. The fraction of sp³-hybridized carbons (Fsp3) is 0.105. The number of carbonyl (C=O) groups excluding carboxylic acids is 3. The van der Waals surface area contributed by atoms with E-state index in [2.05, 4.69) is 5.32 Å². The average molecular weight is 352 g/mol. The number of hydrogen-bond acceptors (Lipinski definition) is 4. The normalized spacial score (nSPS) is 15.7. The number of nitrogens with zero attached hydrogens (tertiary/aromatic N) is 1. The van der Waals surface area contributed by atoms with E-state index in [4.69, 9.17) is 0 Å². The molecular formula is C19H16N2O3S. The maximum Gasteiger partial charge on any atom is 0.294 e. The molecule has 6 heteroatoms. The lowest BCUT2D eigenvalue weighted by molar-refractivity contribution is -0.127. The molecule has 0 aliphatic carbocycles. The maximum absolute atomic E-state index is 12.4. The Morgan fingerprint density at radius 1 is 1.12 bits per heavy atom. The largest absolute Gasteiger partial charge is 0.325 e. The van der Waals surface area contributed by atoms with E-state index in [0.29, 0.717) is 10.6 Å². The van der Waals surface area contributed by atoms with E-state index in [0.717, 1.165) is 27.8 Å². The summed E-state index contributed by atoms with van der Waals surface area (Å²) in [6.45, 7) is 1.62. The number of thioether (sulfide) groups is 1. The van der Waals surface area contributed by atoms with Crippen LogP contribution in [0.5, 0.6) is 0 Å². The molecule has 1 aliphatic rings. The van der Waals surface area contributed by atoms with Gasteiger partial charge in [-0.05, 0) is 48.0 Å². The average Bonchev–Trinajstić information content (AvgIpc) is 2.83. The van der Waals surface area contributed by atoms with Crippen molar-refractivity contribution in [1.82, 2.24) is 4.90 Å². The Labute approximate surface area is 149 Å². The summed E-state index contributed by atoms with van der Waals surface area (Å²) in [5.41, 5.74) is 2.48. The minimum Gasteiger partial charge on any atom is -0.325 e. The van der Waals surface area contributed by atoms with Crippen molar-refractivity contribution in [1.29, 1.82) is 0 Å². The third-order valence-electron chi connectivity index (χ3n) is 3.57. The van der Waals surface area contributed by atoms with Gasteiger partial charge in [0.2, 0.25) is 5.91 Å². The lowest BCUT2D eigenvalue weighted by atomic mass is 10.2. The van der Waals surface area contributed by atoms with Crippen molar-refractivity contribution < 1.29 is 14.4 Å². The Morgan fingerprint density at radius 3 is 2.60 bits per heavy atom. The molecule has 25 heavy (non-hydrogen) atoms. The second-order valence-corrected chi connectivity index (χ2v) is 6.59. The summed E-state index contributed by atoms with van der Waals surface area (Å²) in [5, 5.41) is 2.26. The van der Waals surface area contributed by atoms with E-state index < -0.39 is 17.1 Å². The molecule has 0 spiro atoms. The van der Waals surface area contributed by atoms with Crippen LogP contribution in [0.3, 0.4) is 0 Å². The SMILES string of the molecule is Cc1cccc(NC(=O)CN2C(=O)S/C(=C\c3ccccc3)C2=O)c1. The van der Waals surface area contributed by atoms with Gasteiger partial charge < -0.3 is 5.32 Å². The molecule has 1 N–H and O–H groups in total. The van der Waals surface area contributed by atoms with Gasteiger partial charge in [0.25, 0.3) is 11.1 Å². The molecule has 1 heterocycles. The lowest BCUT2D eigenvalue weighted by Gasteiger charge is -2.12. The van der Waals surface area contributed by atoms with E-state index in [-0.39, 0.29) is 6.54 Å². The molecule has 5 nitrogen and oxygen atoms in total. The second kappa shape index (κ2) is 7.36. The highest BCUT2D eigenvalue weighted by atomic mass is 32.2. The van der Waals surface area contributed by atoms with Crippen LogP contribution in [0, 0.1) is 6.92 Å². The van der Waals surface area contributed by atoms with E-state index in [9.17, 15) is 14.4 Å². The molecule has 0 unspecified atom stereocenters. The van der Waals surface area contributed by atoms with Crippen LogP contribution in [0.2, 0.25) is 0 Å². The van der Waals surface area contributed by atoms with Gasteiger partial charge in [-0.15, -0.1) is 0 Å². The van der Waals surface area contributed by atoms with Crippen LogP contribution in [0.4, 0.5) is 10.5 Å². The molecule has 1 aliphatic heterocycles. The van der Waals surface area contributed by atoms with Crippen molar-refractivity contribution in [2.45, 2.75) is 6.92 Å². The monoisotopic (exact) mass is 352 g/mol. The van der Waals surface area contributed by atoms with Crippen molar-refractivity contribution in [3.63, 3.8) is 0 Å². The number of imide groups is 1. The Bertz CT molecular complexity index is 862. The summed E-state index contributed by atoms with van der Waals surface area (Å²) in [6.07, 6.45) is 1.66. The van der Waals surface area contributed by atoms with E-state index in [1.807, 2.05) is 55.5 Å². The third kappa shape index (κ3) is 4.16. The summed E-state index contributed by atoms with van der Waals surface area (Å²) >= 11 is 0.846. The zero-order valence-electron chi connectivity index (χ0n) is 13.6. The number of rotatable bonds is 4. The Hall–Kier alpha value is -2.86. The summed E-state index contributed by atoms with van der Waals surface area (Å²) in [4.78, 5) is 37.9. The van der Waals surface area contributed by atoms with E-state index in [1.54, 1.807) is 12.1 Å². The van der Waals surface area contributed by atoms with Crippen LogP contribution in [-0.2, 0) is 9.59 Å². The molecule has 0 bridgehead atoms. The van der Waals surface area contributed by atoms with E-state index >= 15 is 0 Å². The first kappa shape index (κ1) is 17.0. The summed E-state index contributed by atoms with van der Waals surface area (Å²) in [5.74, 6) is -0.855. The Kier molecular flexibility index (Phi) is 5.00. The zero-order chi connectivity index (χ0) is 17.8. The predicted octanol–water partition coefficient (Wildman–Crippen LogP) is 3.67. The first-order chi connectivity index (χ1) is 12.0. The molecule has 2 aromatic rings. The second-order valence-electron chi connectivity index (χ2n) is 5.60. The summed E-state index contributed by atoms with van der Waals surface area (Å²) < 4.78 is 0. The molecular weight excluding hydrogens is 336 g/mol. The Balaban J connectivity index is 1.68. The molecule has 3 amide bonds. The third-order valence-corrected chi connectivity index (χ3v) is 4.48. The molecule has 3 rings (SSSR count). The number of amides is 3. The standard InChI is InChI=1S/C19H16N2O3S/c1-13-6-5-9-15(10-13)20-17(22)12-21-18(23)16(25-19(21)24)11-14-7-3-2-4-8-14/h2-11H,12H2,1H3,(H,20,22)/b16-11-. The van der Waals surface area contributed by atoms with Crippen molar-refractivity contribution >= 4 is 40.6 Å². The molecule has 126 valence electrons. The van der Waals surface area contributed by atoms with E-state index in [1.165, 1.54) is 0 Å². The van der Waals surface area contributed by atoms with Gasteiger partial charge in [0, 0.05) is 5.69 Å². The van der Waals surface area contributed by atoms with Gasteiger partial charge in [-0.25, -0.2) is 0 Å². The summed E-state index contributed by atoms with van der Waals surface area (Å²) in [7, 11) is 0. The van der Waals surface area contributed by atoms with Crippen LogP contribution in [0.25, 0.3) is 6.08 Å². The van der Waals surface area contributed by atoms with Gasteiger partial charge in [0.15, 0.2) is 0 Å². The smallest absolute Gasteiger partial charge is 0.294 e. The van der Waals surface area contributed by atoms with Crippen molar-refractivity contribution in [2.75, 3.05) is 11.9 Å². The van der Waals surface area contributed by atoms with Gasteiger partial charge in [-0.3, -0.25) is 19.3 Å². The molecule has 0 aromatic heterocycles. The van der Waals surface area contributed by atoms with Crippen LogP contribution in [0.1, 0.15) is 11.1 Å². The maximum atomic E-state index is 12.4. The molecule has 1 saturated heterocycles. The van der Waals surface area contributed by atoms with Gasteiger partial charge in [-0.2, -0.15) is 0 Å². The van der Waals surface area contributed by atoms with Crippen LogP contribution in [0.15, 0.2) is 59.5 Å². The zero-order valence-corrected chi connectivity index (χ0v) is 14.4. The van der Waals surface area contributed by atoms with Crippen LogP contribution >= 0.6 is 11.8 Å². The highest BCUT2D eigenvalue weighted by molar-refractivity contribution is 8.18. The minimum absolute atomic E-state index is 0.301. The van der Waals surface area contributed by atoms with Crippen molar-refractivity contribution in [3.8, 4) is 0 Å². The topological polar surface area (TPSA) is 66.5 Å². The Morgan fingerprint density at radius 2 is 1.88 bits per heavy atom. The molecule has 0 radical (unpaired) electrons. The molecule has 1 fully saturated rings. The number of nitrogens with one attached hydrogen (secondary N) is 1. The first-order valence-electron chi connectivity index (χ1n) is 7.70. The molecule has 2 aromatic carbocycles. The van der Waals surface area contributed by atoms with Gasteiger partial charge in [0.05, 0.1) is 4.91 Å². The minimum atomic E-state index is -0.446. The number of hydrogen-bond donors (Lipinski definition) is 1. The molecule has 0 atom stereocenters. The number of benzene rings is 2. The molecule has 0 saturated carbocycles. The fourth-order valence-electron chi connectivity index (χ4n) is 2.40. The van der Waals surface area contributed by atoms with Crippen molar-refractivity contribution in [2.24, 2.45) is 0 Å². The first-order valence-corrected chi connectivity index (χ1v) is 8.51. The van der Waals surface area contributed by atoms with Crippen molar-refractivity contribution in [3.05, 3.63) is 70.6 Å². The number of anilines is 1. The highest BCUT2D eigenvalue weighted by Gasteiger charge is 2.36. The lowest BCUT2D eigenvalue weighted by Crippen LogP contribution is -2.36. The fourth-order valence-corrected chi connectivity index (χ4v) is 3.24. The van der Waals surface area contributed by atoms with Crippen LogP contribution < -0.4 is 5.32 Å². The van der Waals surface area contributed by atoms with Gasteiger partial charge in [-0.1, -0.05) is 42.5 Å².